The second kappa shape index (κ2) is 4.81. The molecular weight excluding hydrogens is 263 g/mol. The Balaban J connectivity index is 0.000000810. The summed E-state index contributed by atoms with van der Waals surface area (Å²) in [6.07, 6.45) is 0. The first kappa shape index (κ1) is 10.1. The molecule has 0 saturated carbocycles. The van der Waals surface area contributed by atoms with Crippen molar-refractivity contribution in [1.82, 2.24) is 0 Å². The van der Waals surface area contributed by atoms with Crippen LogP contribution in [-0.2, 0) is 11.1 Å². The number of halogens is 1. The lowest BCUT2D eigenvalue weighted by Crippen LogP contribution is -1.84. The van der Waals surface area contributed by atoms with E-state index in [4.69, 9.17) is 4.55 Å². The Hall–Kier alpha value is 0.0600. The predicted molar refractivity (Wildman–Crippen MR) is 50.9 cm³/mol. The molecule has 4 heteroatoms. The van der Waals surface area contributed by atoms with E-state index >= 15 is 0 Å². The van der Waals surface area contributed by atoms with E-state index < -0.39 is 11.1 Å². The molecule has 1 N–H and O–H groups in total. The van der Waals surface area contributed by atoms with Crippen LogP contribution in [0.3, 0.4) is 0 Å². The summed E-state index contributed by atoms with van der Waals surface area (Å²) in [5, 5.41) is 0. The molecule has 1 aromatic rings. The van der Waals surface area contributed by atoms with Gasteiger partial charge in [-0.05, 0) is 12.1 Å². The second-order valence-corrected chi connectivity index (χ2v) is 2.53. The molecule has 0 heterocycles. The molecule has 1 aromatic carbocycles. The molecule has 0 spiro atoms. The molecule has 0 radical (unpaired) electrons. The van der Waals surface area contributed by atoms with Crippen molar-refractivity contribution >= 4 is 35.1 Å². The van der Waals surface area contributed by atoms with Gasteiger partial charge in [-0.25, -0.2) is 4.21 Å². The molecule has 10 heavy (non-hydrogen) atoms. The zero-order valence-corrected chi connectivity index (χ0v) is 8.21. The highest BCUT2D eigenvalue weighted by Gasteiger charge is 1.93. The van der Waals surface area contributed by atoms with Gasteiger partial charge in [-0.2, -0.15) is 0 Å². The number of benzene rings is 1. The van der Waals surface area contributed by atoms with Crippen molar-refractivity contribution in [3.05, 3.63) is 30.3 Å². The SMILES string of the molecule is I.O=S(O)c1ccccc1. The highest BCUT2D eigenvalue weighted by Crippen LogP contribution is 2.00. The van der Waals surface area contributed by atoms with Crippen LogP contribution in [-0.4, -0.2) is 8.76 Å². The average molecular weight is 270 g/mol. The van der Waals surface area contributed by atoms with Crippen LogP contribution in [0.25, 0.3) is 0 Å². The van der Waals surface area contributed by atoms with Crippen molar-refractivity contribution < 1.29 is 8.76 Å². The molecule has 0 bridgehead atoms. The lowest BCUT2D eigenvalue weighted by molar-refractivity contribution is 0.564. The first-order chi connectivity index (χ1) is 4.30. The first-order valence-electron chi connectivity index (χ1n) is 2.46. The van der Waals surface area contributed by atoms with Crippen molar-refractivity contribution in [3.8, 4) is 0 Å². The van der Waals surface area contributed by atoms with Crippen molar-refractivity contribution in [3.63, 3.8) is 0 Å². The van der Waals surface area contributed by atoms with Gasteiger partial charge in [0.2, 0.25) is 0 Å². The quantitative estimate of drug-likeness (QED) is 0.625. The highest BCUT2D eigenvalue weighted by molar-refractivity contribution is 14.0. The van der Waals surface area contributed by atoms with Gasteiger partial charge in [0.15, 0.2) is 11.1 Å². The fourth-order valence-electron chi connectivity index (χ4n) is 0.537. The first-order valence-corrected chi connectivity index (χ1v) is 3.57. The summed E-state index contributed by atoms with van der Waals surface area (Å²) in [4.78, 5) is 0.442. The fourth-order valence-corrected chi connectivity index (χ4v) is 0.927. The third-order valence-electron chi connectivity index (χ3n) is 0.945. The Bertz CT molecular complexity index is 212. The third-order valence-corrected chi connectivity index (χ3v) is 1.62. The largest absolute Gasteiger partial charge is 0.302 e. The van der Waals surface area contributed by atoms with Crippen molar-refractivity contribution in [2.24, 2.45) is 0 Å². The maximum atomic E-state index is 10.3. The Labute approximate surface area is 79.0 Å². The van der Waals surface area contributed by atoms with Crippen molar-refractivity contribution in [2.75, 3.05) is 0 Å². The van der Waals surface area contributed by atoms with Gasteiger partial charge in [0.1, 0.15) is 0 Å². The van der Waals surface area contributed by atoms with Gasteiger partial charge in [-0.3, -0.25) is 0 Å². The molecule has 1 atom stereocenters. The monoisotopic (exact) mass is 270 g/mol. The fraction of sp³-hybridized carbons (Fsp3) is 0. The molecule has 0 saturated heterocycles. The summed E-state index contributed by atoms with van der Waals surface area (Å²) < 4.78 is 18.8. The molecule has 0 aliphatic rings. The van der Waals surface area contributed by atoms with E-state index in [1.165, 1.54) is 0 Å². The molecule has 0 aromatic heterocycles. The van der Waals surface area contributed by atoms with Crippen LogP contribution < -0.4 is 0 Å². The number of hydrogen-bond acceptors (Lipinski definition) is 1. The lowest BCUT2D eigenvalue weighted by Gasteiger charge is -1.89. The minimum Gasteiger partial charge on any atom is -0.302 e. The molecule has 1 unspecified atom stereocenters. The Morgan fingerprint density at radius 3 is 2.00 bits per heavy atom. The Morgan fingerprint density at radius 1 is 1.20 bits per heavy atom. The Morgan fingerprint density at radius 2 is 1.70 bits per heavy atom. The molecule has 0 aliphatic heterocycles. The van der Waals surface area contributed by atoms with Crippen LogP contribution in [0.15, 0.2) is 35.2 Å². The zero-order chi connectivity index (χ0) is 6.69. The van der Waals surface area contributed by atoms with E-state index in [2.05, 4.69) is 0 Å². The van der Waals surface area contributed by atoms with E-state index in [1.807, 2.05) is 0 Å². The highest BCUT2D eigenvalue weighted by atomic mass is 127. The molecule has 2 nitrogen and oxygen atoms in total. The molecule has 1 rings (SSSR count). The van der Waals surface area contributed by atoms with Crippen LogP contribution >= 0.6 is 24.0 Å². The van der Waals surface area contributed by atoms with Gasteiger partial charge in [0.25, 0.3) is 0 Å². The van der Waals surface area contributed by atoms with E-state index in [-0.39, 0.29) is 24.0 Å². The average Bonchev–Trinajstić information content (AvgIpc) is 1.90. The summed E-state index contributed by atoms with van der Waals surface area (Å²) in [7, 11) is 0. The summed E-state index contributed by atoms with van der Waals surface area (Å²) >= 11 is -1.83. The molecule has 0 fully saturated rings. The molecular formula is C6H7IO2S. The molecule has 0 amide bonds. The van der Waals surface area contributed by atoms with Gasteiger partial charge in [0.05, 0.1) is 4.90 Å². The maximum absolute atomic E-state index is 10.3. The predicted octanol–water partition coefficient (Wildman–Crippen LogP) is 1.89. The third kappa shape index (κ3) is 2.76. The van der Waals surface area contributed by atoms with Crippen molar-refractivity contribution in [2.45, 2.75) is 4.90 Å². The van der Waals surface area contributed by atoms with Crippen LogP contribution in [0.1, 0.15) is 0 Å². The summed E-state index contributed by atoms with van der Waals surface area (Å²) in [5.41, 5.74) is 0. The van der Waals surface area contributed by atoms with Gasteiger partial charge in [-0.1, -0.05) is 18.2 Å². The smallest absolute Gasteiger partial charge is 0.186 e. The normalized spacial score (nSPS) is 11.7. The Kier molecular flexibility index (Phi) is 4.84. The van der Waals surface area contributed by atoms with E-state index in [1.54, 1.807) is 30.3 Å². The van der Waals surface area contributed by atoms with Crippen LogP contribution in [0.5, 0.6) is 0 Å². The van der Waals surface area contributed by atoms with Crippen LogP contribution in [0.4, 0.5) is 0 Å². The summed E-state index contributed by atoms with van der Waals surface area (Å²) in [5.74, 6) is 0. The standard InChI is InChI=1S/C6H6O2S.HI/c7-9(8)6-4-2-1-3-5-6;/h1-5H,(H,7,8);1H. The lowest BCUT2D eigenvalue weighted by atomic mass is 10.4. The van der Waals surface area contributed by atoms with E-state index in [0.29, 0.717) is 4.90 Å². The van der Waals surface area contributed by atoms with E-state index in [0.717, 1.165) is 0 Å². The minimum atomic E-state index is -1.83. The summed E-state index contributed by atoms with van der Waals surface area (Å²) in [6.45, 7) is 0. The van der Waals surface area contributed by atoms with E-state index in [9.17, 15) is 4.21 Å². The number of hydrogen-bond donors (Lipinski definition) is 1. The number of rotatable bonds is 1. The second-order valence-electron chi connectivity index (χ2n) is 1.56. The van der Waals surface area contributed by atoms with Crippen LogP contribution in [0, 0.1) is 0 Å². The van der Waals surface area contributed by atoms with Gasteiger partial charge >= 0.3 is 0 Å². The zero-order valence-electron chi connectivity index (χ0n) is 5.06. The molecule has 56 valence electrons. The maximum Gasteiger partial charge on any atom is 0.186 e. The summed E-state index contributed by atoms with van der Waals surface area (Å²) in [6, 6.07) is 8.47. The van der Waals surface area contributed by atoms with Crippen molar-refractivity contribution in [1.29, 1.82) is 0 Å². The van der Waals surface area contributed by atoms with Gasteiger partial charge < -0.3 is 4.55 Å². The van der Waals surface area contributed by atoms with Gasteiger partial charge in [0, 0.05) is 0 Å². The minimum absolute atomic E-state index is 0. The molecule has 0 aliphatic carbocycles. The van der Waals surface area contributed by atoms with Crippen LogP contribution in [0.2, 0.25) is 0 Å². The topological polar surface area (TPSA) is 37.3 Å². The van der Waals surface area contributed by atoms with Gasteiger partial charge in [-0.15, -0.1) is 24.0 Å².